The van der Waals surface area contributed by atoms with E-state index in [2.05, 4.69) is 10.6 Å². The van der Waals surface area contributed by atoms with Crippen molar-refractivity contribution in [2.24, 2.45) is 0 Å². The zero-order chi connectivity index (χ0) is 18.9. The highest BCUT2D eigenvalue weighted by molar-refractivity contribution is 7.98. The molecule has 0 aliphatic rings. The number of nitrogens with one attached hydrogen (secondary N) is 2. The zero-order valence-corrected chi connectivity index (χ0v) is 15.8. The molecule has 0 aliphatic carbocycles. The molecule has 2 aromatic carbocycles. The molecule has 0 aliphatic heterocycles. The molecule has 26 heavy (non-hydrogen) atoms. The van der Waals surface area contributed by atoms with E-state index in [1.165, 1.54) is 0 Å². The Labute approximate surface area is 157 Å². The minimum atomic E-state index is -0.758. The molecular weight excluding hydrogens is 352 g/mol. The summed E-state index contributed by atoms with van der Waals surface area (Å²) in [5, 5.41) is 5.15. The lowest BCUT2D eigenvalue weighted by molar-refractivity contribution is -0.133. The van der Waals surface area contributed by atoms with Crippen molar-refractivity contribution < 1.29 is 19.1 Å². The number of benzene rings is 2. The van der Waals surface area contributed by atoms with Crippen LogP contribution >= 0.6 is 11.8 Å². The van der Waals surface area contributed by atoms with Gasteiger partial charge in [0.2, 0.25) is 0 Å². The monoisotopic (exact) mass is 374 g/mol. The fraction of sp³-hybridized carbons (Fsp3) is 0.263. The summed E-state index contributed by atoms with van der Waals surface area (Å²) in [5.41, 5.74) is 1.02. The summed E-state index contributed by atoms with van der Waals surface area (Å²) in [6.45, 7) is 4.70. The van der Waals surface area contributed by atoms with E-state index in [0.717, 1.165) is 4.90 Å². The molecule has 0 aromatic heterocycles. The van der Waals surface area contributed by atoms with Gasteiger partial charge in [0.25, 0.3) is 0 Å². The second-order valence-corrected chi connectivity index (χ2v) is 6.05. The number of ether oxygens (including phenoxy) is 2. The molecular formula is C19H22N2O4S. The molecule has 0 heterocycles. The standard InChI is InChI=1S/C19H22N2O4S/c1-4-24-16-10-9-14(12-17(16)25-5-2)21-19(23)18(22)20-13-7-6-8-15(11-13)26-3/h6-12H,4-5H2,1-3H3,(H,20,22)(H,21,23). The second kappa shape index (κ2) is 9.72. The summed E-state index contributed by atoms with van der Waals surface area (Å²) >= 11 is 1.55. The van der Waals surface area contributed by atoms with Gasteiger partial charge in [-0.25, -0.2) is 0 Å². The summed E-state index contributed by atoms with van der Waals surface area (Å²) in [7, 11) is 0. The molecule has 2 aromatic rings. The Bertz CT molecular complexity index is 780. The Morgan fingerprint density at radius 2 is 1.50 bits per heavy atom. The van der Waals surface area contributed by atoms with E-state index < -0.39 is 11.8 Å². The maximum absolute atomic E-state index is 12.2. The lowest BCUT2D eigenvalue weighted by Crippen LogP contribution is -2.29. The molecule has 2 rings (SSSR count). The average molecular weight is 374 g/mol. The van der Waals surface area contributed by atoms with E-state index in [4.69, 9.17) is 9.47 Å². The van der Waals surface area contributed by atoms with Crippen LogP contribution in [0.25, 0.3) is 0 Å². The van der Waals surface area contributed by atoms with Gasteiger partial charge >= 0.3 is 11.8 Å². The summed E-state index contributed by atoms with van der Waals surface area (Å²) in [6.07, 6.45) is 1.94. The van der Waals surface area contributed by atoms with Crippen LogP contribution in [0.15, 0.2) is 47.4 Å². The minimum absolute atomic E-state index is 0.454. The van der Waals surface area contributed by atoms with Crippen LogP contribution < -0.4 is 20.1 Å². The summed E-state index contributed by atoms with van der Waals surface area (Å²) in [4.78, 5) is 25.3. The van der Waals surface area contributed by atoms with E-state index in [-0.39, 0.29) is 0 Å². The smallest absolute Gasteiger partial charge is 0.314 e. The van der Waals surface area contributed by atoms with E-state index >= 15 is 0 Å². The van der Waals surface area contributed by atoms with Crippen LogP contribution in [-0.4, -0.2) is 31.3 Å². The highest BCUT2D eigenvalue weighted by Crippen LogP contribution is 2.30. The Kier molecular flexibility index (Phi) is 7.35. The highest BCUT2D eigenvalue weighted by atomic mass is 32.2. The Balaban J connectivity index is 2.05. The molecule has 0 saturated carbocycles. The van der Waals surface area contributed by atoms with Crippen molar-refractivity contribution in [3.63, 3.8) is 0 Å². The van der Waals surface area contributed by atoms with Gasteiger partial charge in [0.15, 0.2) is 11.5 Å². The normalized spacial score (nSPS) is 10.1. The maximum atomic E-state index is 12.2. The minimum Gasteiger partial charge on any atom is -0.490 e. The Morgan fingerprint density at radius 1 is 0.885 bits per heavy atom. The lowest BCUT2D eigenvalue weighted by atomic mass is 10.2. The van der Waals surface area contributed by atoms with Gasteiger partial charge in [-0.1, -0.05) is 6.07 Å². The zero-order valence-electron chi connectivity index (χ0n) is 15.0. The van der Waals surface area contributed by atoms with Crippen LogP contribution in [0.1, 0.15) is 13.8 Å². The molecule has 0 radical (unpaired) electrons. The van der Waals surface area contributed by atoms with Crippen molar-refractivity contribution in [3.8, 4) is 11.5 Å². The van der Waals surface area contributed by atoms with Crippen LogP contribution in [-0.2, 0) is 9.59 Å². The second-order valence-electron chi connectivity index (χ2n) is 5.17. The Morgan fingerprint density at radius 3 is 2.12 bits per heavy atom. The maximum Gasteiger partial charge on any atom is 0.314 e. The number of rotatable bonds is 7. The number of carbonyl (C=O) groups excluding carboxylic acids is 2. The molecule has 0 fully saturated rings. The predicted octanol–water partition coefficient (Wildman–Crippen LogP) is 3.78. The molecule has 0 spiro atoms. The number of thioether (sulfide) groups is 1. The van der Waals surface area contributed by atoms with Crippen LogP contribution in [0.4, 0.5) is 11.4 Å². The van der Waals surface area contributed by atoms with Gasteiger partial charge in [0.1, 0.15) is 0 Å². The van der Waals surface area contributed by atoms with Gasteiger partial charge in [-0.3, -0.25) is 9.59 Å². The van der Waals surface area contributed by atoms with Crippen LogP contribution in [0, 0.1) is 0 Å². The summed E-state index contributed by atoms with van der Waals surface area (Å²) < 4.78 is 11.0. The number of amides is 2. The third-order valence-corrected chi connectivity index (χ3v) is 4.06. The SMILES string of the molecule is CCOc1ccc(NC(=O)C(=O)Nc2cccc(SC)c2)cc1OCC. The van der Waals surface area contributed by atoms with Gasteiger partial charge in [-0.2, -0.15) is 0 Å². The van der Waals surface area contributed by atoms with Crippen LogP contribution in [0.3, 0.4) is 0 Å². The van der Waals surface area contributed by atoms with Crippen molar-refractivity contribution in [2.45, 2.75) is 18.7 Å². The molecule has 2 N–H and O–H groups in total. The van der Waals surface area contributed by atoms with Crippen molar-refractivity contribution >= 4 is 35.0 Å². The van der Waals surface area contributed by atoms with E-state index in [9.17, 15) is 9.59 Å². The summed E-state index contributed by atoms with van der Waals surface area (Å²) in [5.74, 6) is -0.396. The molecule has 0 bridgehead atoms. The highest BCUT2D eigenvalue weighted by Gasteiger charge is 2.15. The summed E-state index contributed by atoms with van der Waals surface area (Å²) in [6, 6.07) is 12.3. The first-order chi connectivity index (χ1) is 12.6. The first kappa shape index (κ1) is 19.7. The topological polar surface area (TPSA) is 76.7 Å². The van der Waals surface area contributed by atoms with Gasteiger partial charge in [-0.15, -0.1) is 11.8 Å². The van der Waals surface area contributed by atoms with Gasteiger partial charge < -0.3 is 20.1 Å². The fourth-order valence-electron chi connectivity index (χ4n) is 2.21. The Hall–Kier alpha value is -2.67. The fourth-order valence-corrected chi connectivity index (χ4v) is 2.66. The van der Waals surface area contributed by atoms with E-state index in [0.29, 0.717) is 36.1 Å². The molecule has 6 nitrogen and oxygen atoms in total. The van der Waals surface area contributed by atoms with E-state index in [1.807, 2.05) is 32.2 Å². The largest absolute Gasteiger partial charge is 0.490 e. The van der Waals surface area contributed by atoms with Crippen LogP contribution in [0.5, 0.6) is 11.5 Å². The lowest BCUT2D eigenvalue weighted by Gasteiger charge is -2.13. The predicted molar refractivity (Wildman–Crippen MR) is 104 cm³/mol. The molecule has 7 heteroatoms. The number of hydrogen-bond donors (Lipinski definition) is 2. The average Bonchev–Trinajstić information content (AvgIpc) is 2.64. The van der Waals surface area contributed by atoms with Crippen molar-refractivity contribution in [3.05, 3.63) is 42.5 Å². The van der Waals surface area contributed by atoms with Gasteiger partial charge in [-0.05, 0) is 50.4 Å². The molecule has 0 atom stereocenters. The molecule has 138 valence electrons. The third-order valence-electron chi connectivity index (χ3n) is 3.34. The first-order valence-electron chi connectivity index (χ1n) is 8.23. The van der Waals surface area contributed by atoms with Gasteiger partial charge in [0.05, 0.1) is 13.2 Å². The number of carbonyl (C=O) groups is 2. The number of hydrogen-bond acceptors (Lipinski definition) is 5. The van der Waals surface area contributed by atoms with Crippen molar-refractivity contribution in [2.75, 3.05) is 30.1 Å². The molecule has 0 unspecified atom stereocenters. The van der Waals surface area contributed by atoms with Crippen LogP contribution in [0.2, 0.25) is 0 Å². The van der Waals surface area contributed by atoms with Gasteiger partial charge in [0, 0.05) is 22.3 Å². The number of anilines is 2. The van der Waals surface area contributed by atoms with E-state index in [1.54, 1.807) is 42.1 Å². The van der Waals surface area contributed by atoms with Crippen molar-refractivity contribution in [1.29, 1.82) is 0 Å². The first-order valence-corrected chi connectivity index (χ1v) is 9.45. The molecule has 2 amide bonds. The third kappa shape index (κ3) is 5.42. The van der Waals surface area contributed by atoms with Crippen molar-refractivity contribution in [1.82, 2.24) is 0 Å². The molecule has 0 saturated heterocycles. The quantitative estimate of drug-likeness (QED) is 0.570.